The molecule has 7 nitrogen and oxygen atoms in total. The van der Waals surface area contributed by atoms with Crippen molar-refractivity contribution >= 4 is 17.4 Å². The lowest BCUT2D eigenvalue weighted by molar-refractivity contribution is -0.130. The highest BCUT2D eigenvalue weighted by atomic mass is 16.5. The second-order valence-electron chi connectivity index (χ2n) is 13.6. The van der Waals surface area contributed by atoms with Gasteiger partial charge in [-0.25, -0.2) is 4.98 Å². The minimum Gasteiger partial charge on any atom is -0.504 e. The van der Waals surface area contributed by atoms with Gasteiger partial charge in [-0.1, -0.05) is 68.4 Å². The molecule has 3 N–H and O–H groups in total. The number of phenols is 1. The maximum Gasteiger partial charge on any atom is 0.160 e. The Morgan fingerprint density at radius 2 is 1.81 bits per heavy atom. The molecule has 48 heavy (non-hydrogen) atoms. The molecule has 0 amide bonds. The Balaban J connectivity index is 1.56. The molecule has 2 aromatic carbocycles. The molecule has 5 atom stereocenters. The molecule has 7 heteroatoms. The zero-order valence-electron chi connectivity index (χ0n) is 28.4. The molecule has 1 aromatic heterocycles. The van der Waals surface area contributed by atoms with Crippen molar-refractivity contribution in [2.24, 2.45) is 23.7 Å². The van der Waals surface area contributed by atoms with E-state index in [-0.39, 0.29) is 54.5 Å². The Morgan fingerprint density at radius 1 is 0.979 bits per heavy atom. The normalized spacial score (nSPS) is 22.9. The van der Waals surface area contributed by atoms with E-state index in [1.54, 1.807) is 6.07 Å². The fourth-order valence-corrected chi connectivity index (χ4v) is 7.59. The van der Waals surface area contributed by atoms with Crippen molar-refractivity contribution in [2.75, 3.05) is 25.6 Å². The average molecular weight is 651 g/mol. The molecule has 0 saturated heterocycles. The summed E-state index contributed by atoms with van der Waals surface area (Å²) in [5, 5.41) is 23.4. The number of aliphatic hydroxyl groups is 1. The van der Waals surface area contributed by atoms with Crippen molar-refractivity contribution in [3.05, 3.63) is 83.0 Å². The van der Waals surface area contributed by atoms with E-state index in [1.165, 1.54) is 12.7 Å². The maximum absolute atomic E-state index is 14.0. The van der Waals surface area contributed by atoms with Crippen LogP contribution in [0.4, 0.5) is 5.82 Å². The minimum atomic E-state index is -0.339. The summed E-state index contributed by atoms with van der Waals surface area (Å²) < 4.78 is 5.44. The number of pyridine rings is 1. The molecule has 3 aromatic rings. The van der Waals surface area contributed by atoms with Crippen LogP contribution in [0.1, 0.15) is 92.9 Å². The number of aromatic nitrogens is 1. The van der Waals surface area contributed by atoms with Crippen LogP contribution in [0.25, 0.3) is 0 Å². The number of hydrogen-bond acceptors (Lipinski definition) is 7. The fraction of sp³-hybridized carbons (Fsp3) is 0.488. The predicted octanol–water partition coefficient (Wildman–Crippen LogP) is 7.28. The summed E-state index contributed by atoms with van der Waals surface area (Å²) in [6, 6.07) is 17.8. The number of ketones is 2. The van der Waals surface area contributed by atoms with Gasteiger partial charge in [-0.05, 0) is 96.9 Å². The third-order valence-corrected chi connectivity index (χ3v) is 10.0. The van der Waals surface area contributed by atoms with Crippen LogP contribution in [0.5, 0.6) is 11.5 Å². The zero-order valence-corrected chi connectivity index (χ0v) is 28.4. The first-order valence-electron chi connectivity index (χ1n) is 17.7. The molecular weight excluding hydrogens is 600 g/mol. The molecule has 1 heterocycles. The number of aryl methyl sites for hydroxylation is 1. The molecule has 5 unspecified atom stereocenters. The van der Waals surface area contributed by atoms with Gasteiger partial charge >= 0.3 is 0 Å². The Bertz CT molecular complexity index is 1590. The first-order chi connectivity index (χ1) is 23.4. The Labute approximate surface area is 285 Å². The molecule has 2 aliphatic rings. The SMILES string of the molecule is CCCCC1CC(Cc2ccnc(NCCCO)c2)CC2C#CC(c3ccccc3)c3cc(O)c(OC)cc3CCC(=O)CC(=O)C2C1. The van der Waals surface area contributed by atoms with E-state index in [2.05, 4.69) is 53.3 Å². The van der Waals surface area contributed by atoms with Crippen molar-refractivity contribution < 1.29 is 24.5 Å². The Morgan fingerprint density at radius 3 is 2.58 bits per heavy atom. The van der Waals surface area contributed by atoms with Crippen molar-refractivity contribution in [3.63, 3.8) is 0 Å². The Kier molecular flexibility index (Phi) is 12.7. The van der Waals surface area contributed by atoms with Gasteiger partial charge in [-0.3, -0.25) is 9.59 Å². The smallest absolute Gasteiger partial charge is 0.160 e. The monoisotopic (exact) mass is 650 g/mol. The number of rotatable bonds is 11. The van der Waals surface area contributed by atoms with Crippen LogP contribution in [-0.4, -0.2) is 47.0 Å². The highest BCUT2D eigenvalue weighted by Gasteiger charge is 2.37. The van der Waals surface area contributed by atoms with E-state index in [0.29, 0.717) is 37.0 Å². The number of hydrogen-bond donors (Lipinski definition) is 3. The predicted molar refractivity (Wildman–Crippen MR) is 189 cm³/mol. The summed E-state index contributed by atoms with van der Waals surface area (Å²) in [4.78, 5) is 31.9. The molecule has 1 fully saturated rings. The van der Waals surface area contributed by atoms with Gasteiger partial charge in [0.15, 0.2) is 11.5 Å². The third-order valence-electron chi connectivity index (χ3n) is 10.0. The number of ether oxygens (including phenoxy) is 1. The zero-order chi connectivity index (χ0) is 33.9. The number of methoxy groups -OCH3 is 1. The van der Waals surface area contributed by atoms with Crippen molar-refractivity contribution in [1.29, 1.82) is 0 Å². The van der Waals surface area contributed by atoms with Gasteiger partial charge < -0.3 is 20.3 Å². The van der Waals surface area contributed by atoms with Crippen molar-refractivity contribution in [2.45, 2.75) is 83.5 Å². The highest BCUT2D eigenvalue weighted by Crippen LogP contribution is 2.41. The molecule has 254 valence electrons. The number of nitrogens with one attached hydrogen (secondary N) is 1. The lowest BCUT2D eigenvalue weighted by Gasteiger charge is -2.24. The summed E-state index contributed by atoms with van der Waals surface area (Å²) in [6.07, 6.45) is 9.82. The van der Waals surface area contributed by atoms with Crippen LogP contribution in [-0.2, 0) is 22.4 Å². The van der Waals surface area contributed by atoms with E-state index in [4.69, 9.17) is 4.74 Å². The summed E-state index contributed by atoms with van der Waals surface area (Å²) in [5.41, 5.74) is 3.96. The number of carbonyl (C=O) groups excluding carboxylic acids is 2. The van der Waals surface area contributed by atoms with Crippen molar-refractivity contribution in [3.8, 4) is 23.3 Å². The number of unbranched alkanes of at least 4 members (excludes halogenated alkanes) is 1. The lowest BCUT2D eigenvalue weighted by Crippen LogP contribution is -2.27. The van der Waals surface area contributed by atoms with Crippen LogP contribution in [0, 0.1) is 35.5 Å². The van der Waals surface area contributed by atoms with Gasteiger partial charge in [0.25, 0.3) is 0 Å². The maximum atomic E-state index is 14.0. The van der Waals surface area contributed by atoms with Crippen LogP contribution in [0.15, 0.2) is 60.8 Å². The van der Waals surface area contributed by atoms with Gasteiger partial charge in [-0.2, -0.15) is 0 Å². The van der Waals surface area contributed by atoms with Gasteiger partial charge in [0, 0.05) is 37.6 Å². The number of nitrogens with zero attached hydrogens (tertiary/aromatic N) is 1. The summed E-state index contributed by atoms with van der Waals surface area (Å²) in [7, 11) is 1.52. The first-order valence-corrected chi connectivity index (χ1v) is 17.7. The van der Waals surface area contributed by atoms with E-state index >= 15 is 0 Å². The van der Waals surface area contributed by atoms with Gasteiger partial charge in [-0.15, -0.1) is 0 Å². The second kappa shape index (κ2) is 17.3. The summed E-state index contributed by atoms with van der Waals surface area (Å²) in [6.45, 7) is 3.00. The lowest BCUT2D eigenvalue weighted by atomic mass is 9.78. The van der Waals surface area contributed by atoms with E-state index in [9.17, 15) is 19.8 Å². The van der Waals surface area contributed by atoms with E-state index in [0.717, 1.165) is 67.5 Å². The fourth-order valence-electron chi connectivity index (χ4n) is 7.59. The molecule has 1 saturated carbocycles. The Hall–Kier alpha value is -4.15. The van der Waals surface area contributed by atoms with Crippen molar-refractivity contribution in [1.82, 2.24) is 4.98 Å². The quantitative estimate of drug-likeness (QED) is 0.114. The van der Waals surface area contributed by atoms with Crippen LogP contribution in [0.3, 0.4) is 0 Å². The minimum absolute atomic E-state index is 0.0288. The molecule has 0 bridgehead atoms. The third kappa shape index (κ3) is 9.26. The molecular formula is C41H50N2O5. The first kappa shape index (κ1) is 35.2. The molecule has 5 rings (SSSR count). The largest absolute Gasteiger partial charge is 0.504 e. The average Bonchev–Trinajstić information content (AvgIpc) is 3.26. The number of anilines is 1. The molecule has 0 spiro atoms. The molecule has 0 aliphatic heterocycles. The van der Waals surface area contributed by atoms with E-state index < -0.39 is 0 Å². The van der Waals surface area contributed by atoms with Gasteiger partial charge in [0.1, 0.15) is 17.4 Å². The summed E-state index contributed by atoms with van der Waals surface area (Å²) in [5.74, 6) is 8.36. The van der Waals surface area contributed by atoms with Crippen LogP contribution < -0.4 is 10.1 Å². The number of Topliss-reactive ketones (excluding diaryl/α,β-unsaturated/α-hetero) is 2. The van der Waals surface area contributed by atoms with Gasteiger partial charge in [0.2, 0.25) is 0 Å². The number of fused-ring (bicyclic) bond motifs is 2. The van der Waals surface area contributed by atoms with Crippen LogP contribution in [0.2, 0.25) is 0 Å². The molecule has 0 radical (unpaired) electrons. The summed E-state index contributed by atoms with van der Waals surface area (Å²) >= 11 is 0. The number of carbonyl (C=O) groups is 2. The number of aliphatic hydroxyl groups excluding tert-OH is 1. The number of benzene rings is 2. The highest BCUT2D eigenvalue weighted by molar-refractivity contribution is 6.00. The van der Waals surface area contributed by atoms with Gasteiger partial charge in [0.05, 0.1) is 19.4 Å². The number of aromatic hydroxyl groups is 1. The van der Waals surface area contributed by atoms with Crippen LogP contribution >= 0.6 is 0 Å². The van der Waals surface area contributed by atoms with E-state index in [1.807, 2.05) is 30.5 Å². The molecule has 2 aliphatic carbocycles. The standard InChI is InChI=1S/C41H50N2O5/c1-3-4-9-28-20-30(21-29-16-18-43-41(24-29)42-17-8-19-44)22-32-13-15-35(31-10-6-5-7-11-31)36-27-39(47)40(48-2)25-33(36)12-14-34(45)26-38(46)37(32)23-28/h5-7,10-11,16,18,24-25,27-28,30,32,35,37,44,47H,3-4,8-9,12,14,17,19-23,26H2,1-2H3,(H,42,43). The second-order valence-corrected chi connectivity index (χ2v) is 13.6. The topological polar surface area (TPSA) is 109 Å². The number of phenolic OH excluding ortho intramolecular Hbond substituents is 1.